The molecule has 2 aromatic rings. The fraction of sp³-hybridized carbons (Fsp3) is 0.381. The molecule has 0 saturated heterocycles. The minimum atomic E-state index is -4.40. The van der Waals surface area contributed by atoms with Crippen LogP contribution < -0.4 is 10.5 Å². The predicted octanol–water partition coefficient (Wildman–Crippen LogP) is 5.42. The molecule has 2 N–H and O–H groups in total. The smallest absolute Gasteiger partial charge is 0.417 e. The van der Waals surface area contributed by atoms with E-state index in [1.165, 1.54) is 24.5 Å². The van der Waals surface area contributed by atoms with E-state index in [0.717, 1.165) is 30.7 Å². The standard InChI is InChI=1S/C21H21F3N2O/c22-21(23,24)17-6-7-20(26-12-17)27-18-3-1-2-13(9-18)8-16-10-15-5-4-14(16)11-19(15)25/h1-3,6-9,12,14-15,19H,4-5,10-11,25H2. The van der Waals surface area contributed by atoms with Gasteiger partial charge in [-0.1, -0.05) is 23.8 Å². The zero-order valence-electron chi connectivity index (χ0n) is 14.7. The van der Waals surface area contributed by atoms with E-state index in [0.29, 0.717) is 23.6 Å². The summed E-state index contributed by atoms with van der Waals surface area (Å²) in [4.78, 5) is 3.75. The van der Waals surface area contributed by atoms with Crippen LogP contribution >= 0.6 is 0 Å². The normalized spacial score (nSPS) is 26.4. The van der Waals surface area contributed by atoms with Gasteiger partial charge in [0.05, 0.1) is 5.56 Å². The lowest BCUT2D eigenvalue weighted by atomic mass is 9.65. The number of ether oxygens (including phenoxy) is 1. The van der Waals surface area contributed by atoms with Crippen molar-refractivity contribution in [1.29, 1.82) is 0 Å². The van der Waals surface area contributed by atoms with Crippen LogP contribution in [0.15, 0.2) is 48.2 Å². The first-order valence-corrected chi connectivity index (χ1v) is 9.16. The number of allylic oxidation sites excluding steroid dienone is 1. The van der Waals surface area contributed by atoms with E-state index < -0.39 is 11.7 Å². The van der Waals surface area contributed by atoms with Gasteiger partial charge in [-0.3, -0.25) is 0 Å². The van der Waals surface area contributed by atoms with Crippen LogP contribution in [0.1, 0.15) is 36.8 Å². The Hall–Kier alpha value is -2.34. The summed E-state index contributed by atoms with van der Waals surface area (Å²) in [6, 6.07) is 10.0. The van der Waals surface area contributed by atoms with E-state index in [2.05, 4.69) is 11.1 Å². The molecule has 0 aliphatic heterocycles. The maximum atomic E-state index is 12.6. The van der Waals surface area contributed by atoms with Crippen molar-refractivity contribution in [1.82, 2.24) is 4.98 Å². The van der Waals surface area contributed by atoms with Gasteiger partial charge in [-0.15, -0.1) is 0 Å². The largest absolute Gasteiger partial charge is 0.439 e. The molecule has 3 fully saturated rings. The van der Waals surface area contributed by atoms with Gasteiger partial charge in [-0.2, -0.15) is 13.2 Å². The number of aromatic nitrogens is 1. The van der Waals surface area contributed by atoms with Crippen molar-refractivity contribution >= 4 is 6.08 Å². The third kappa shape index (κ3) is 4.00. The third-order valence-corrected chi connectivity index (χ3v) is 5.57. The summed E-state index contributed by atoms with van der Waals surface area (Å²) >= 11 is 0. The predicted molar refractivity (Wildman–Crippen MR) is 97.2 cm³/mol. The highest BCUT2D eigenvalue weighted by molar-refractivity contribution is 5.56. The minimum Gasteiger partial charge on any atom is -0.439 e. The van der Waals surface area contributed by atoms with Gasteiger partial charge in [-0.05, 0) is 61.3 Å². The molecule has 3 unspecified atom stereocenters. The lowest BCUT2D eigenvalue weighted by Gasteiger charge is -2.42. The maximum absolute atomic E-state index is 12.6. The van der Waals surface area contributed by atoms with Gasteiger partial charge < -0.3 is 10.5 Å². The Morgan fingerprint density at radius 3 is 2.63 bits per heavy atom. The highest BCUT2D eigenvalue weighted by Gasteiger charge is 2.36. The average Bonchev–Trinajstić information content (AvgIpc) is 2.63. The molecule has 3 aliphatic carbocycles. The Labute approximate surface area is 156 Å². The Bertz CT molecular complexity index is 845. The molecular formula is C21H21F3N2O. The van der Waals surface area contributed by atoms with E-state index in [9.17, 15) is 13.2 Å². The topological polar surface area (TPSA) is 48.1 Å². The van der Waals surface area contributed by atoms with Crippen LogP contribution in [0.25, 0.3) is 6.08 Å². The van der Waals surface area contributed by atoms with Crippen molar-refractivity contribution < 1.29 is 17.9 Å². The summed E-state index contributed by atoms with van der Waals surface area (Å²) in [6.07, 6.45) is 3.11. The molecule has 1 aromatic heterocycles. The Balaban J connectivity index is 1.49. The number of hydrogen-bond donors (Lipinski definition) is 1. The third-order valence-electron chi connectivity index (χ3n) is 5.57. The molecule has 2 bridgehead atoms. The van der Waals surface area contributed by atoms with Crippen molar-refractivity contribution in [2.75, 3.05) is 0 Å². The molecule has 5 rings (SSSR count). The second kappa shape index (κ2) is 7.00. The van der Waals surface area contributed by atoms with Crippen molar-refractivity contribution in [3.8, 4) is 11.6 Å². The molecule has 6 heteroatoms. The van der Waals surface area contributed by atoms with Crippen molar-refractivity contribution in [3.63, 3.8) is 0 Å². The Kier molecular flexibility index (Phi) is 4.68. The molecule has 0 spiro atoms. The van der Waals surface area contributed by atoms with E-state index in [-0.39, 0.29) is 5.88 Å². The molecule has 0 radical (unpaired) electrons. The summed E-state index contributed by atoms with van der Waals surface area (Å²) in [5, 5.41) is 0. The van der Waals surface area contributed by atoms with E-state index in [1.807, 2.05) is 18.2 Å². The van der Waals surface area contributed by atoms with Gasteiger partial charge in [0, 0.05) is 18.3 Å². The second-order valence-corrected chi connectivity index (χ2v) is 7.41. The van der Waals surface area contributed by atoms with Crippen LogP contribution in [-0.4, -0.2) is 11.0 Å². The van der Waals surface area contributed by atoms with Crippen molar-refractivity contribution in [2.45, 2.75) is 37.9 Å². The van der Waals surface area contributed by atoms with E-state index in [4.69, 9.17) is 10.5 Å². The number of benzene rings is 1. The molecule has 3 nitrogen and oxygen atoms in total. The van der Waals surface area contributed by atoms with Crippen molar-refractivity contribution in [2.24, 2.45) is 17.6 Å². The first kappa shape index (κ1) is 18.0. The number of rotatable bonds is 3. The molecule has 142 valence electrons. The maximum Gasteiger partial charge on any atom is 0.417 e. The molecule has 3 atom stereocenters. The molecule has 27 heavy (non-hydrogen) atoms. The van der Waals surface area contributed by atoms with Gasteiger partial charge in [-0.25, -0.2) is 4.98 Å². The van der Waals surface area contributed by atoms with Gasteiger partial charge in [0.2, 0.25) is 5.88 Å². The number of nitrogens with zero attached hydrogens (tertiary/aromatic N) is 1. The average molecular weight is 374 g/mol. The van der Waals surface area contributed by atoms with Gasteiger partial charge >= 0.3 is 6.18 Å². The van der Waals surface area contributed by atoms with Gasteiger partial charge in [0.15, 0.2) is 0 Å². The summed E-state index contributed by atoms with van der Waals surface area (Å²) in [7, 11) is 0. The SMILES string of the molecule is NC1CC2CCC1CC2=Cc1cccc(Oc2ccc(C(F)(F)F)cn2)c1. The summed E-state index contributed by atoms with van der Waals surface area (Å²) in [6.45, 7) is 0. The number of pyridine rings is 1. The fourth-order valence-electron chi connectivity index (χ4n) is 4.12. The Morgan fingerprint density at radius 2 is 2.00 bits per heavy atom. The zero-order valence-corrected chi connectivity index (χ0v) is 14.7. The molecule has 3 aliphatic rings. The van der Waals surface area contributed by atoms with Crippen LogP contribution in [-0.2, 0) is 6.18 Å². The van der Waals surface area contributed by atoms with E-state index >= 15 is 0 Å². The minimum absolute atomic E-state index is 0.135. The molecular weight excluding hydrogens is 353 g/mol. The first-order chi connectivity index (χ1) is 12.9. The fourth-order valence-corrected chi connectivity index (χ4v) is 4.12. The van der Waals surface area contributed by atoms with Crippen LogP contribution in [0.4, 0.5) is 13.2 Å². The van der Waals surface area contributed by atoms with Gasteiger partial charge in [0.25, 0.3) is 0 Å². The molecule has 1 heterocycles. The number of fused-ring (bicyclic) bond motifs is 3. The van der Waals surface area contributed by atoms with Crippen LogP contribution in [0, 0.1) is 11.8 Å². The highest BCUT2D eigenvalue weighted by atomic mass is 19.4. The number of halogens is 3. The van der Waals surface area contributed by atoms with Crippen molar-refractivity contribution in [3.05, 3.63) is 59.3 Å². The van der Waals surface area contributed by atoms with Crippen LogP contribution in [0.2, 0.25) is 0 Å². The number of hydrogen-bond acceptors (Lipinski definition) is 3. The zero-order chi connectivity index (χ0) is 19.0. The summed E-state index contributed by atoms with van der Waals surface area (Å²) in [5.41, 5.74) is 7.87. The quantitative estimate of drug-likeness (QED) is 0.780. The first-order valence-electron chi connectivity index (χ1n) is 9.16. The van der Waals surface area contributed by atoms with Gasteiger partial charge in [0.1, 0.15) is 5.75 Å². The second-order valence-electron chi connectivity index (χ2n) is 7.41. The molecule has 1 aromatic carbocycles. The summed E-state index contributed by atoms with van der Waals surface area (Å²) < 4.78 is 43.5. The highest BCUT2D eigenvalue weighted by Crippen LogP contribution is 2.44. The Morgan fingerprint density at radius 1 is 1.15 bits per heavy atom. The lowest BCUT2D eigenvalue weighted by Crippen LogP contribution is -2.42. The van der Waals surface area contributed by atoms with Crippen LogP contribution in [0.5, 0.6) is 11.6 Å². The summed E-state index contributed by atoms with van der Waals surface area (Å²) in [5.74, 6) is 1.83. The number of nitrogens with two attached hydrogens (primary N) is 1. The lowest BCUT2D eigenvalue weighted by molar-refractivity contribution is -0.137. The number of alkyl halides is 3. The molecule has 3 saturated carbocycles. The van der Waals surface area contributed by atoms with E-state index in [1.54, 1.807) is 6.07 Å². The monoisotopic (exact) mass is 374 g/mol. The van der Waals surface area contributed by atoms with Crippen LogP contribution in [0.3, 0.4) is 0 Å². The molecule has 0 amide bonds.